The van der Waals surface area contributed by atoms with E-state index in [1.54, 1.807) is 0 Å². The van der Waals surface area contributed by atoms with Crippen LogP contribution in [0.5, 0.6) is 0 Å². The lowest BCUT2D eigenvalue weighted by atomic mass is 10.1. The van der Waals surface area contributed by atoms with E-state index in [9.17, 15) is 0 Å². The Hall–Kier alpha value is -0.160. The molecule has 0 aromatic carbocycles. The molecule has 0 N–H and O–H groups in total. The fourth-order valence-electron chi connectivity index (χ4n) is 2.72. The van der Waals surface area contributed by atoms with Gasteiger partial charge in [0.05, 0.1) is 26.4 Å². The fourth-order valence-corrected chi connectivity index (χ4v) is 2.72. The zero-order chi connectivity index (χ0) is 14.3. The summed E-state index contributed by atoms with van der Waals surface area (Å²) in [5.41, 5.74) is 0. The zero-order valence-electron chi connectivity index (χ0n) is 13.1. The summed E-state index contributed by atoms with van der Waals surface area (Å²) in [4.78, 5) is 0. The van der Waals surface area contributed by atoms with Crippen molar-refractivity contribution in [2.24, 2.45) is 0 Å². The summed E-state index contributed by atoms with van der Waals surface area (Å²) in [7, 11) is 0. The fraction of sp³-hybridized carbons (Fsp3) is 1.00. The maximum atomic E-state index is 5.85. The largest absolute Gasteiger partial charge is 0.350 e. The van der Waals surface area contributed by atoms with Crippen LogP contribution in [0.25, 0.3) is 0 Å². The lowest BCUT2D eigenvalue weighted by Gasteiger charge is -2.41. The Morgan fingerprint density at radius 1 is 0.750 bits per heavy atom. The van der Waals surface area contributed by atoms with Gasteiger partial charge in [-0.15, -0.1) is 0 Å². The molecule has 2 atom stereocenters. The molecule has 0 saturated carbocycles. The Balaban J connectivity index is 1.40. The predicted molar refractivity (Wildman–Crippen MR) is 77.6 cm³/mol. The van der Waals surface area contributed by atoms with Gasteiger partial charge in [-0.25, -0.2) is 0 Å². The summed E-state index contributed by atoms with van der Waals surface area (Å²) < 4.78 is 22.7. The van der Waals surface area contributed by atoms with Crippen LogP contribution in [0.3, 0.4) is 0 Å². The van der Waals surface area contributed by atoms with Crippen molar-refractivity contribution in [3.63, 3.8) is 0 Å². The summed E-state index contributed by atoms with van der Waals surface area (Å²) in [6.07, 6.45) is 8.64. The van der Waals surface area contributed by atoms with Crippen LogP contribution in [0, 0.1) is 0 Å². The molecule has 2 rings (SSSR count). The van der Waals surface area contributed by atoms with Crippen molar-refractivity contribution in [3.8, 4) is 0 Å². The van der Waals surface area contributed by atoms with Gasteiger partial charge < -0.3 is 18.9 Å². The lowest BCUT2D eigenvalue weighted by Crippen LogP contribution is -2.45. The molecule has 0 aliphatic carbocycles. The van der Waals surface area contributed by atoms with Crippen LogP contribution in [-0.2, 0) is 18.9 Å². The van der Waals surface area contributed by atoms with Gasteiger partial charge in [0.15, 0.2) is 11.6 Å². The number of hydrogen-bond acceptors (Lipinski definition) is 4. The highest BCUT2D eigenvalue weighted by molar-refractivity contribution is 4.76. The van der Waals surface area contributed by atoms with E-state index >= 15 is 0 Å². The first kappa shape index (κ1) is 16.2. The average molecular weight is 286 g/mol. The molecule has 0 radical (unpaired) electrons. The van der Waals surface area contributed by atoms with E-state index < -0.39 is 0 Å². The smallest absolute Gasteiger partial charge is 0.170 e. The highest BCUT2D eigenvalue weighted by Crippen LogP contribution is 2.32. The first-order chi connectivity index (χ1) is 9.74. The van der Waals surface area contributed by atoms with Crippen LogP contribution < -0.4 is 0 Å². The van der Waals surface area contributed by atoms with E-state index in [0.717, 1.165) is 65.0 Å². The molecular weight excluding hydrogens is 256 g/mol. The van der Waals surface area contributed by atoms with Gasteiger partial charge in [-0.3, -0.25) is 0 Å². The molecule has 4 heteroatoms. The van der Waals surface area contributed by atoms with Crippen molar-refractivity contribution in [3.05, 3.63) is 0 Å². The van der Waals surface area contributed by atoms with Gasteiger partial charge in [0.2, 0.25) is 0 Å². The molecule has 4 nitrogen and oxygen atoms in total. The van der Waals surface area contributed by atoms with Gasteiger partial charge in [0, 0.05) is 12.8 Å². The third-order valence-electron chi connectivity index (χ3n) is 4.54. The van der Waals surface area contributed by atoms with Crippen molar-refractivity contribution in [1.82, 2.24) is 0 Å². The molecule has 118 valence electrons. The van der Waals surface area contributed by atoms with Gasteiger partial charge in [0.25, 0.3) is 0 Å². The van der Waals surface area contributed by atoms with E-state index in [4.69, 9.17) is 18.9 Å². The Kier molecular flexibility index (Phi) is 6.27. The minimum atomic E-state index is -0.238. The van der Waals surface area contributed by atoms with Gasteiger partial charge >= 0.3 is 0 Å². The molecule has 2 heterocycles. The third kappa shape index (κ3) is 4.17. The summed E-state index contributed by atoms with van der Waals surface area (Å²) in [5.74, 6) is -0.476. The summed E-state index contributed by atoms with van der Waals surface area (Å²) >= 11 is 0. The van der Waals surface area contributed by atoms with Crippen LogP contribution in [0.1, 0.15) is 65.2 Å². The summed E-state index contributed by atoms with van der Waals surface area (Å²) in [6.45, 7) is 7.59. The van der Waals surface area contributed by atoms with Crippen LogP contribution >= 0.6 is 0 Å². The zero-order valence-corrected chi connectivity index (χ0v) is 13.1. The van der Waals surface area contributed by atoms with E-state index in [1.807, 2.05) is 0 Å². The molecule has 2 aliphatic rings. The molecule has 20 heavy (non-hydrogen) atoms. The lowest BCUT2D eigenvalue weighted by molar-refractivity contribution is -0.309. The van der Waals surface area contributed by atoms with Crippen molar-refractivity contribution in [2.45, 2.75) is 76.8 Å². The quantitative estimate of drug-likeness (QED) is 0.543. The maximum Gasteiger partial charge on any atom is 0.170 e. The highest BCUT2D eigenvalue weighted by atomic mass is 16.7. The second-order valence-electron chi connectivity index (χ2n) is 5.84. The molecule has 0 bridgehead atoms. The minimum absolute atomic E-state index is 0.238. The molecular formula is C16H30O4. The first-order valence-electron chi connectivity index (χ1n) is 8.30. The topological polar surface area (TPSA) is 36.9 Å². The molecule has 2 aliphatic heterocycles. The van der Waals surface area contributed by atoms with Gasteiger partial charge in [-0.2, -0.15) is 0 Å². The second-order valence-corrected chi connectivity index (χ2v) is 5.84. The molecule has 2 unspecified atom stereocenters. The van der Waals surface area contributed by atoms with Crippen LogP contribution in [0.2, 0.25) is 0 Å². The van der Waals surface area contributed by atoms with E-state index in [2.05, 4.69) is 13.8 Å². The first-order valence-corrected chi connectivity index (χ1v) is 8.30. The minimum Gasteiger partial charge on any atom is -0.350 e. The molecule has 0 aromatic rings. The Morgan fingerprint density at radius 3 is 1.40 bits per heavy atom. The SMILES string of the molecule is CCC1(OCCCCCCOC2(CC)CCO2)CCO1. The van der Waals surface area contributed by atoms with Gasteiger partial charge in [-0.05, 0) is 25.7 Å². The van der Waals surface area contributed by atoms with Gasteiger partial charge in [0.1, 0.15) is 0 Å². The van der Waals surface area contributed by atoms with Crippen LogP contribution in [0.15, 0.2) is 0 Å². The van der Waals surface area contributed by atoms with E-state index in [-0.39, 0.29) is 11.6 Å². The van der Waals surface area contributed by atoms with Gasteiger partial charge in [-0.1, -0.05) is 26.7 Å². The van der Waals surface area contributed by atoms with Crippen LogP contribution in [0.4, 0.5) is 0 Å². The van der Waals surface area contributed by atoms with Crippen LogP contribution in [-0.4, -0.2) is 38.0 Å². The van der Waals surface area contributed by atoms with Crippen molar-refractivity contribution in [1.29, 1.82) is 0 Å². The van der Waals surface area contributed by atoms with Crippen molar-refractivity contribution < 1.29 is 18.9 Å². The van der Waals surface area contributed by atoms with Crippen molar-refractivity contribution in [2.75, 3.05) is 26.4 Å². The van der Waals surface area contributed by atoms with E-state index in [0.29, 0.717) is 0 Å². The maximum absolute atomic E-state index is 5.85. The van der Waals surface area contributed by atoms with Crippen molar-refractivity contribution >= 4 is 0 Å². The van der Waals surface area contributed by atoms with E-state index in [1.165, 1.54) is 12.8 Å². The molecule has 0 spiro atoms. The number of rotatable bonds is 11. The summed E-state index contributed by atoms with van der Waals surface area (Å²) in [5, 5.41) is 0. The predicted octanol–water partition coefficient (Wildman–Crippen LogP) is 3.63. The second kappa shape index (κ2) is 7.74. The highest BCUT2D eigenvalue weighted by Gasteiger charge is 2.38. The monoisotopic (exact) mass is 286 g/mol. The third-order valence-corrected chi connectivity index (χ3v) is 4.54. The summed E-state index contributed by atoms with van der Waals surface area (Å²) in [6, 6.07) is 0. The molecule has 0 aromatic heterocycles. The molecule has 2 saturated heterocycles. The molecule has 0 amide bonds. The number of hydrogen-bond donors (Lipinski definition) is 0. The molecule has 2 fully saturated rings. The standard InChI is InChI=1S/C16H30O4/c1-3-15(9-13-19-15)17-11-7-5-6-8-12-18-16(4-2)10-14-20-16/h3-14H2,1-2H3. The Bertz CT molecular complexity index is 233. The Morgan fingerprint density at radius 2 is 1.15 bits per heavy atom. The number of ether oxygens (including phenoxy) is 4. The average Bonchev–Trinajstić information content (AvgIpc) is 2.38. The Labute approximate surface area is 123 Å². The number of unbranched alkanes of at least 4 members (excludes halogenated alkanes) is 3. The normalized spacial score (nSPS) is 32.7.